The molecule has 0 bridgehead atoms. The van der Waals surface area contributed by atoms with Crippen molar-refractivity contribution in [1.29, 1.82) is 0 Å². The van der Waals surface area contributed by atoms with Crippen LogP contribution in [0.5, 0.6) is 0 Å². The molecule has 176 valence electrons. The SMILES string of the molecule is CC1=CCC2C3=CCC4c5c3c3c2c1c(C)c1c3c2c5c3c5c6c7c8c(c-1c62)CC(C)C8CC7C5CC34. The van der Waals surface area contributed by atoms with Crippen LogP contribution in [0.4, 0.5) is 0 Å². The molecule has 0 saturated heterocycles. The van der Waals surface area contributed by atoms with Gasteiger partial charge in [0.05, 0.1) is 0 Å². The average Bonchev–Trinajstić information content (AvgIpc) is 3.70. The monoisotopic (exact) mass is 472 g/mol. The number of rotatable bonds is 0. The Morgan fingerprint density at radius 2 is 1.30 bits per heavy atom. The summed E-state index contributed by atoms with van der Waals surface area (Å²) in [5, 5.41) is 10.6. The van der Waals surface area contributed by atoms with Crippen LogP contribution in [0.15, 0.2) is 12.2 Å². The van der Waals surface area contributed by atoms with Crippen molar-refractivity contribution in [3.8, 4) is 11.1 Å². The molecular formula is C37H28. The van der Waals surface area contributed by atoms with Gasteiger partial charge in [-0.3, -0.25) is 0 Å². The first kappa shape index (κ1) is 17.6. The highest BCUT2D eigenvalue weighted by molar-refractivity contribution is 6.40. The molecule has 4 aromatic carbocycles. The maximum absolute atomic E-state index is 2.74. The van der Waals surface area contributed by atoms with E-state index in [1.807, 2.05) is 33.2 Å². The number of hydrogen-bond donors (Lipinski definition) is 0. The predicted molar refractivity (Wildman–Crippen MR) is 152 cm³/mol. The van der Waals surface area contributed by atoms with E-state index in [4.69, 9.17) is 0 Å². The molecular weight excluding hydrogens is 444 g/mol. The van der Waals surface area contributed by atoms with Gasteiger partial charge in [0.2, 0.25) is 0 Å². The zero-order valence-corrected chi connectivity index (χ0v) is 21.7. The molecule has 0 spiro atoms. The lowest BCUT2D eigenvalue weighted by atomic mass is 9.75. The minimum absolute atomic E-state index is 0.606. The Balaban J connectivity index is 1.43. The summed E-state index contributed by atoms with van der Waals surface area (Å²) < 4.78 is 0. The van der Waals surface area contributed by atoms with Crippen LogP contribution in [0.2, 0.25) is 0 Å². The fourth-order valence-corrected chi connectivity index (χ4v) is 13.1. The van der Waals surface area contributed by atoms with Gasteiger partial charge in [-0.1, -0.05) is 19.1 Å². The molecule has 0 aliphatic heterocycles. The first-order valence-corrected chi connectivity index (χ1v) is 15.2. The largest absolute Gasteiger partial charge is 0.0800 e. The number of allylic oxidation sites excluding steroid dienone is 4. The Morgan fingerprint density at radius 1 is 0.568 bits per heavy atom. The van der Waals surface area contributed by atoms with Gasteiger partial charge in [-0.15, -0.1) is 0 Å². The van der Waals surface area contributed by atoms with Crippen LogP contribution in [-0.2, 0) is 6.42 Å². The number of hydrogen-bond acceptors (Lipinski definition) is 0. The molecule has 7 unspecified atom stereocenters. The Morgan fingerprint density at radius 3 is 2.16 bits per heavy atom. The molecule has 0 radical (unpaired) electrons. The Hall–Kier alpha value is -2.86. The molecule has 9 aliphatic rings. The van der Waals surface area contributed by atoms with E-state index in [-0.39, 0.29) is 0 Å². The topological polar surface area (TPSA) is 0 Å². The van der Waals surface area contributed by atoms with E-state index in [1.165, 1.54) is 32.1 Å². The summed E-state index contributed by atoms with van der Waals surface area (Å²) in [4.78, 5) is 0. The van der Waals surface area contributed by atoms with E-state index < -0.39 is 0 Å². The van der Waals surface area contributed by atoms with Gasteiger partial charge in [0, 0.05) is 5.92 Å². The van der Waals surface area contributed by atoms with Crippen molar-refractivity contribution in [2.24, 2.45) is 5.92 Å². The lowest BCUT2D eigenvalue weighted by Gasteiger charge is -2.28. The lowest BCUT2D eigenvalue weighted by Crippen LogP contribution is -2.11. The fourth-order valence-electron chi connectivity index (χ4n) is 13.1. The number of fused-ring (bicyclic) bond motifs is 5. The summed E-state index contributed by atoms with van der Waals surface area (Å²) in [6, 6.07) is 0. The third-order valence-corrected chi connectivity index (χ3v) is 13.8. The minimum Gasteiger partial charge on any atom is -0.0800 e. The van der Waals surface area contributed by atoms with Crippen molar-refractivity contribution in [2.45, 2.75) is 88.4 Å². The van der Waals surface area contributed by atoms with Gasteiger partial charge in [0.25, 0.3) is 0 Å². The summed E-state index contributed by atoms with van der Waals surface area (Å²) in [6.45, 7) is 7.51. The molecule has 0 saturated carbocycles. The van der Waals surface area contributed by atoms with Gasteiger partial charge in [0.15, 0.2) is 0 Å². The third-order valence-electron chi connectivity index (χ3n) is 13.8. The van der Waals surface area contributed by atoms with Gasteiger partial charge in [0.1, 0.15) is 0 Å². The zero-order valence-electron chi connectivity index (χ0n) is 21.7. The van der Waals surface area contributed by atoms with Crippen molar-refractivity contribution in [3.63, 3.8) is 0 Å². The van der Waals surface area contributed by atoms with Crippen molar-refractivity contribution >= 4 is 43.5 Å². The van der Waals surface area contributed by atoms with E-state index in [0.29, 0.717) is 5.92 Å². The van der Waals surface area contributed by atoms with E-state index >= 15 is 0 Å². The van der Waals surface area contributed by atoms with E-state index in [0.717, 1.165) is 35.5 Å². The molecule has 7 atom stereocenters. The second-order valence-corrected chi connectivity index (χ2v) is 14.6. The van der Waals surface area contributed by atoms with Crippen molar-refractivity contribution in [3.05, 3.63) is 67.8 Å². The summed E-state index contributed by atoms with van der Waals surface area (Å²) in [7, 11) is 0. The standard InChI is InChI=1S/C37H28/c1-11-4-5-14-15-6-7-16-18-10-20-19-9-17-12(2)8-21-24(17)28(19)35-30(20)29(18)34-27(16)26(15)33-25(14)22(11)13(3)23-31(21)36(35)37(34)32(23)33/h4,6,12,14,16-20H,5,7-10H2,1-3H3. The fraction of sp³-hybridized carbons (Fsp3) is 0.405. The van der Waals surface area contributed by atoms with Crippen molar-refractivity contribution < 1.29 is 0 Å². The summed E-state index contributed by atoms with van der Waals surface area (Å²) >= 11 is 0. The molecule has 0 amide bonds. The molecule has 9 aliphatic carbocycles. The second-order valence-electron chi connectivity index (χ2n) is 14.6. The zero-order chi connectivity index (χ0) is 23.5. The predicted octanol–water partition coefficient (Wildman–Crippen LogP) is 9.57. The highest BCUT2D eigenvalue weighted by Gasteiger charge is 2.58. The molecule has 0 aromatic heterocycles. The molecule has 0 heteroatoms. The molecule has 0 heterocycles. The minimum atomic E-state index is 0.606. The maximum atomic E-state index is 2.74. The molecule has 0 N–H and O–H groups in total. The third kappa shape index (κ3) is 1.34. The average molecular weight is 473 g/mol. The Kier molecular flexibility index (Phi) is 2.25. The van der Waals surface area contributed by atoms with Crippen molar-refractivity contribution in [2.75, 3.05) is 0 Å². The molecule has 13 rings (SSSR count). The Bertz CT molecular complexity index is 2130. The highest BCUT2D eigenvalue weighted by atomic mass is 14.6. The van der Waals surface area contributed by atoms with Gasteiger partial charge >= 0.3 is 0 Å². The van der Waals surface area contributed by atoms with Crippen LogP contribution in [0.1, 0.15) is 131 Å². The van der Waals surface area contributed by atoms with Gasteiger partial charge in [-0.25, -0.2) is 0 Å². The van der Waals surface area contributed by atoms with Crippen LogP contribution in [0.3, 0.4) is 0 Å². The van der Waals surface area contributed by atoms with Crippen LogP contribution in [0.25, 0.3) is 54.6 Å². The van der Waals surface area contributed by atoms with Crippen LogP contribution in [0, 0.1) is 12.8 Å². The second kappa shape index (κ2) is 4.72. The lowest BCUT2D eigenvalue weighted by molar-refractivity contribution is 0.414. The molecule has 0 fully saturated rings. The molecule has 0 nitrogen and oxygen atoms in total. The summed E-state index contributed by atoms with van der Waals surface area (Å²) in [5.41, 5.74) is 24.6. The number of benzene rings is 4. The maximum Gasteiger partial charge on any atom is 0.0140 e. The van der Waals surface area contributed by atoms with Crippen LogP contribution in [-0.4, -0.2) is 0 Å². The van der Waals surface area contributed by atoms with E-state index in [2.05, 4.69) is 32.9 Å². The summed E-state index contributed by atoms with van der Waals surface area (Å²) in [6.07, 6.45) is 12.0. The normalized spacial score (nSPS) is 35.5. The van der Waals surface area contributed by atoms with Crippen LogP contribution >= 0.6 is 0 Å². The van der Waals surface area contributed by atoms with Crippen LogP contribution < -0.4 is 0 Å². The first-order valence-electron chi connectivity index (χ1n) is 15.2. The first-order chi connectivity index (χ1) is 18.1. The Labute approximate surface area is 216 Å². The van der Waals surface area contributed by atoms with E-state index in [9.17, 15) is 0 Å². The van der Waals surface area contributed by atoms with Gasteiger partial charge in [-0.2, -0.15) is 0 Å². The molecule has 37 heavy (non-hydrogen) atoms. The quantitative estimate of drug-likeness (QED) is 0.197. The highest BCUT2D eigenvalue weighted by Crippen LogP contribution is 2.77. The van der Waals surface area contributed by atoms with Gasteiger partial charge in [-0.05, 0) is 192 Å². The smallest absolute Gasteiger partial charge is 0.0140 e. The van der Waals surface area contributed by atoms with Crippen molar-refractivity contribution in [1.82, 2.24) is 0 Å². The summed E-state index contributed by atoms with van der Waals surface area (Å²) in [5.74, 6) is 5.45. The van der Waals surface area contributed by atoms with Gasteiger partial charge < -0.3 is 0 Å². The molecule has 4 aromatic rings. The van der Waals surface area contributed by atoms with E-state index in [1.54, 1.807) is 77.0 Å².